The number of rotatable bonds is 7. The molecule has 132 valence electrons. The molecule has 0 unspecified atom stereocenters. The average Bonchev–Trinajstić information content (AvgIpc) is 2.60. The van der Waals surface area contributed by atoms with Crippen molar-refractivity contribution >= 4 is 11.9 Å². The molecular formula is C17H24N2O5. The number of aliphatic hydroxyl groups is 1. The molecule has 0 aromatic heterocycles. The number of carbonyl (C=O) groups excluding carboxylic acids is 1. The van der Waals surface area contributed by atoms with Gasteiger partial charge in [0.05, 0.1) is 18.2 Å². The normalized spacial score (nSPS) is 17.9. The number of carboxylic acid groups (broad SMARTS) is 1. The smallest absolute Gasteiger partial charge is 0.335 e. The van der Waals surface area contributed by atoms with Gasteiger partial charge >= 0.3 is 5.97 Å². The van der Waals surface area contributed by atoms with Crippen LogP contribution in [0.25, 0.3) is 0 Å². The number of β-amino-alcohol motifs (C(OH)–C–C–N with tert-alkyl or cyclic N) is 1. The fraction of sp³-hybridized carbons (Fsp3) is 0.529. The highest BCUT2D eigenvalue weighted by atomic mass is 16.5. The van der Waals surface area contributed by atoms with Crippen molar-refractivity contribution < 1.29 is 24.5 Å². The second kappa shape index (κ2) is 8.23. The fourth-order valence-corrected chi connectivity index (χ4v) is 2.83. The van der Waals surface area contributed by atoms with E-state index in [0.717, 1.165) is 5.56 Å². The SMILES string of the molecule is C[C@H](NC(=O)C1(NCCO)CCOCC1)c1ccc(C(=O)O)cc1. The molecule has 1 fully saturated rings. The number of aromatic carboxylic acids is 1. The first kappa shape index (κ1) is 18.4. The van der Waals surface area contributed by atoms with Gasteiger partial charge in [0.15, 0.2) is 0 Å². The largest absolute Gasteiger partial charge is 0.478 e. The van der Waals surface area contributed by atoms with Crippen molar-refractivity contribution in [3.8, 4) is 0 Å². The third kappa shape index (κ3) is 4.31. The van der Waals surface area contributed by atoms with Crippen LogP contribution in [0.1, 0.15) is 41.7 Å². The van der Waals surface area contributed by atoms with E-state index < -0.39 is 11.5 Å². The second-order valence-corrected chi connectivity index (χ2v) is 5.97. The number of carboxylic acids is 1. The highest BCUT2D eigenvalue weighted by Gasteiger charge is 2.39. The summed E-state index contributed by atoms with van der Waals surface area (Å²) >= 11 is 0. The summed E-state index contributed by atoms with van der Waals surface area (Å²) in [5, 5.41) is 24.1. The predicted octanol–water partition coefficient (Wildman–Crippen LogP) is 0.693. The minimum atomic E-state index is -0.979. The summed E-state index contributed by atoms with van der Waals surface area (Å²) in [6, 6.07) is 6.19. The van der Waals surface area contributed by atoms with Crippen molar-refractivity contribution in [2.75, 3.05) is 26.4 Å². The molecular weight excluding hydrogens is 312 g/mol. The molecule has 1 heterocycles. The van der Waals surface area contributed by atoms with Gasteiger partial charge in [0.1, 0.15) is 5.54 Å². The number of hydrogen-bond donors (Lipinski definition) is 4. The van der Waals surface area contributed by atoms with Crippen LogP contribution >= 0.6 is 0 Å². The Morgan fingerprint density at radius 1 is 1.25 bits per heavy atom. The van der Waals surface area contributed by atoms with E-state index in [1.165, 1.54) is 12.1 Å². The number of amides is 1. The van der Waals surface area contributed by atoms with Gasteiger partial charge in [0.25, 0.3) is 0 Å². The number of carbonyl (C=O) groups is 2. The molecule has 4 N–H and O–H groups in total. The van der Waals surface area contributed by atoms with Crippen LogP contribution in [0.3, 0.4) is 0 Å². The van der Waals surface area contributed by atoms with Crippen LogP contribution in [0.2, 0.25) is 0 Å². The van der Waals surface area contributed by atoms with Crippen molar-refractivity contribution in [1.29, 1.82) is 0 Å². The van der Waals surface area contributed by atoms with Gasteiger partial charge in [-0.15, -0.1) is 0 Å². The summed E-state index contributed by atoms with van der Waals surface area (Å²) in [6.45, 7) is 3.14. The van der Waals surface area contributed by atoms with E-state index in [4.69, 9.17) is 14.9 Å². The lowest BCUT2D eigenvalue weighted by atomic mass is 9.88. The van der Waals surface area contributed by atoms with Crippen molar-refractivity contribution in [2.24, 2.45) is 0 Å². The molecule has 7 nitrogen and oxygen atoms in total. The summed E-state index contributed by atoms with van der Waals surface area (Å²) in [5.41, 5.74) is 0.302. The van der Waals surface area contributed by atoms with Crippen molar-refractivity contribution in [3.63, 3.8) is 0 Å². The number of aliphatic hydroxyl groups excluding tert-OH is 1. The minimum Gasteiger partial charge on any atom is -0.478 e. The molecule has 1 atom stereocenters. The van der Waals surface area contributed by atoms with Gasteiger partial charge in [-0.25, -0.2) is 4.79 Å². The van der Waals surface area contributed by atoms with Gasteiger partial charge in [-0.05, 0) is 37.5 Å². The topological polar surface area (TPSA) is 108 Å². The fourth-order valence-electron chi connectivity index (χ4n) is 2.83. The predicted molar refractivity (Wildman–Crippen MR) is 87.8 cm³/mol. The monoisotopic (exact) mass is 336 g/mol. The molecule has 0 radical (unpaired) electrons. The highest BCUT2D eigenvalue weighted by molar-refractivity contribution is 5.88. The van der Waals surface area contributed by atoms with Crippen LogP contribution in [-0.2, 0) is 9.53 Å². The third-order valence-corrected chi connectivity index (χ3v) is 4.36. The molecule has 1 amide bonds. The van der Waals surface area contributed by atoms with E-state index in [9.17, 15) is 9.59 Å². The average molecular weight is 336 g/mol. The lowest BCUT2D eigenvalue weighted by Gasteiger charge is -2.37. The molecule has 2 rings (SSSR count). The van der Waals surface area contributed by atoms with Crippen molar-refractivity contribution in [1.82, 2.24) is 10.6 Å². The molecule has 0 aliphatic carbocycles. The molecule has 24 heavy (non-hydrogen) atoms. The molecule has 1 saturated heterocycles. The highest BCUT2D eigenvalue weighted by Crippen LogP contribution is 2.23. The number of nitrogens with one attached hydrogen (secondary N) is 2. The van der Waals surface area contributed by atoms with E-state index >= 15 is 0 Å². The van der Waals surface area contributed by atoms with Crippen molar-refractivity contribution in [3.05, 3.63) is 35.4 Å². The van der Waals surface area contributed by atoms with Crippen molar-refractivity contribution in [2.45, 2.75) is 31.3 Å². The zero-order valence-electron chi connectivity index (χ0n) is 13.7. The van der Waals surface area contributed by atoms with Crippen LogP contribution < -0.4 is 10.6 Å². The molecule has 1 aliphatic heterocycles. The summed E-state index contributed by atoms with van der Waals surface area (Å²) in [4.78, 5) is 23.7. The van der Waals surface area contributed by atoms with E-state index in [-0.39, 0.29) is 24.1 Å². The van der Waals surface area contributed by atoms with Gasteiger partial charge in [0.2, 0.25) is 5.91 Å². The molecule has 0 spiro atoms. The van der Waals surface area contributed by atoms with Gasteiger partial charge in [-0.3, -0.25) is 4.79 Å². The first-order chi connectivity index (χ1) is 11.5. The lowest BCUT2D eigenvalue weighted by Crippen LogP contribution is -2.60. The van der Waals surface area contributed by atoms with E-state index in [1.54, 1.807) is 12.1 Å². The standard InChI is InChI=1S/C17H24N2O5/c1-12(13-2-4-14(5-3-13)15(21)22)19-16(23)17(18-8-9-20)6-10-24-11-7-17/h2-5,12,18,20H,6-11H2,1H3,(H,19,23)(H,21,22)/t12-/m0/s1. The Morgan fingerprint density at radius 3 is 2.42 bits per heavy atom. The first-order valence-electron chi connectivity index (χ1n) is 8.06. The Labute approximate surface area is 141 Å². The maximum Gasteiger partial charge on any atom is 0.335 e. The first-order valence-corrected chi connectivity index (χ1v) is 8.06. The number of benzene rings is 1. The molecule has 0 bridgehead atoms. The zero-order chi connectivity index (χ0) is 17.6. The Kier molecular flexibility index (Phi) is 6.30. The Balaban J connectivity index is 2.06. The van der Waals surface area contributed by atoms with Gasteiger partial charge in [0, 0.05) is 19.8 Å². The molecule has 1 aliphatic rings. The maximum atomic E-state index is 12.8. The summed E-state index contributed by atoms with van der Waals surface area (Å²) < 4.78 is 5.34. The summed E-state index contributed by atoms with van der Waals surface area (Å²) in [5.74, 6) is -1.11. The molecule has 1 aromatic rings. The number of ether oxygens (including phenoxy) is 1. The van der Waals surface area contributed by atoms with Crippen LogP contribution in [0.5, 0.6) is 0 Å². The maximum absolute atomic E-state index is 12.8. The Bertz CT molecular complexity index is 567. The van der Waals surface area contributed by atoms with E-state index in [2.05, 4.69) is 10.6 Å². The number of hydrogen-bond acceptors (Lipinski definition) is 5. The van der Waals surface area contributed by atoms with E-state index in [0.29, 0.717) is 32.6 Å². The van der Waals surface area contributed by atoms with Gasteiger partial charge in [-0.2, -0.15) is 0 Å². The Morgan fingerprint density at radius 2 is 1.88 bits per heavy atom. The molecule has 7 heteroatoms. The van der Waals surface area contributed by atoms with Crippen LogP contribution in [-0.4, -0.2) is 54.0 Å². The summed E-state index contributed by atoms with van der Waals surface area (Å²) in [6.07, 6.45) is 1.09. The van der Waals surface area contributed by atoms with Crippen LogP contribution in [0.4, 0.5) is 0 Å². The zero-order valence-corrected chi connectivity index (χ0v) is 13.7. The quantitative estimate of drug-likeness (QED) is 0.584. The molecule has 0 saturated carbocycles. The lowest BCUT2D eigenvalue weighted by molar-refractivity contribution is -0.132. The Hall–Kier alpha value is -1.96. The molecule has 1 aromatic carbocycles. The summed E-state index contributed by atoms with van der Waals surface area (Å²) in [7, 11) is 0. The van der Waals surface area contributed by atoms with Gasteiger partial charge in [-0.1, -0.05) is 12.1 Å². The minimum absolute atomic E-state index is 0.0396. The third-order valence-electron chi connectivity index (χ3n) is 4.36. The second-order valence-electron chi connectivity index (χ2n) is 5.97. The van der Waals surface area contributed by atoms with Crippen LogP contribution in [0.15, 0.2) is 24.3 Å². The van der Waals surface area contributed by atoms with E-state index in [1.807, 2.05) is 6.92 Å². The van der Waals surface area contributed by atoms with Crippen LogP contribution in [0, 0.1) is 0 Å². The van der Waals surface area contributed by atoms with Gasteiger partial charge < -0.3 is 25.6 Å².